The van der Waals surface area contributed by atoms with Crippen molar-refractivity contribution in [3.05, 3.63) is 70.6 Å². The van der Waals surface area contributed by atoms with Gasteiger partial charge in [0.1, 0.15) is 5.01 Å². The SMILES string of the molecule is Cc1nc(-c2ccccc2)sc1-c1n[nH]c(=S)n1/N=C/c1ccc(N(C)C)cc1. The summed E-state index contributed by atoms with van der Waals surface area (Å²) in [5.41, 5.74) is 4.10. The molecule has 0 aliphatic rings. The minimum atomic E-state index is 0.440. The van der Waals surface area contributed by atoms with E-state index < -0.39 is 0 Å². The molecule has 2 aromatic heterocycles. The van der Waals surface area contributed by atoms with Crippen LogP contribution in [0, 0.1) is 11.7 Å². The smallest absolute Gasteiger partial charge is 0.216 e. The van der Waals surface area contributed by atoms with Crippen molar-refractivity contribution in [3.8, 4) is 21.3 Å². The fourth-order valence-corrected chi connectivity index (χ4v) is 4.06. The Morgan fingerprint density at radius 2 is 1.83 bits per heavy atom. The first-order valence-electron chi connectivity index (χ1n) is 9.05. The number of benzene rings is 2. The second-order valence-corrected chi connectivity index (χ2v) is 8.08. The van der Waals surface area contributed by atoms with Gasteiger partial charge in [-0.15, -0.1) is 11.3 Å². The number of thiazole rings is 1. The lowest BCUT2D eigenvalue weighted by Crippen LogP contribution is -2.08. The van der Waals surface area contributed by atoms with Gasteiger partial charge >= 0.3 is 0 Å². The Balaban J connectivity index is 1.68. The van der Waals surface area contributed by atoms with Gasteiger partial charge in [-0.1, -0.05) is 42.5 Å². The first-order valence-corrected chi connectivity index (χ1v) is 10.3. The Morgan fingerprint density at radius 1 is 1.10 bits per heavy atom. The maximum absolute atomic E-state index is 5.40. The molecular formula is C21H20N6S2. The summed E-state index contributed by atoms with van der Waals surface area (Å²) in [6, 6.07) is 18.3. The van der Waals surface area contributed by atoms with Crippen LogP contribution in [0.25, 0.3) is 21.3 Å². The summed E-state index contributed by atoms with van der Waals surface area (Å²) in [5.74, 6) is 0.661. The number of nitrogens with one attached hydrogen (secondary N) is 1. The molecule has 6 nitrogen and oxygen atoms in total. The van der Waals surface area contributed by atoms with E-state index in [2.05, 4.69) is 44.5 Å². The molecule has 146 valence electrons. The number of aromatic nitrogens is 4. The van der Waals surface area contributed by atoms with Crippen molar-refractivity contribution < 1.29 is 0 Å². The molecule has 0 atom stereocenters. The van der Waals surface area contributed by atoms with Crippen LogP contribution in [-0.4, -0.2) is 40.2 Å². The summed E-state index contributed by atoms with van der Waals surface area (Å²) in [5, 5.41) is 12.8. The molecule has 0 saturated heterocycles. The highest BCUT2D eigenvalue weighted by molar-refractivity contribution is 7.71. The fourth-order valence-electron chi connectivity index (χ4n) is 2.84. The van der Waals surface area contributed by atoms with E-state index in [1.54, 1.807) is 22.2 Å². The molecular weight excluding hydrogens is 400 g/mol. The Hall–Kier alpha value is -3.10. The average molecular weight is 421 g/mol. The molecule has 4 rings (SSSR count). The third kappa shape index (κ3) is 4.03. The van der Waals surface area contributed by atoms with E-state index in [1.807, 2.05) is 51.4 Å². The molecule has 0 fully saturated rings. The zero-order valence-electron chi connectivity index (χ0n) is 16.3. The molecule has 4 aromatic rings. The van der Waals surface area contributed by atoms with Gasteiger partial charge in [-0.3, -0.25) is 0 Å². The predicted molar refractivity (Wildman–Crippen MR) is 122 cm³/mol. The Labute approximate surface area is 178 Å². The lowest BCUT2D eigenvalue weighted by atomic mass is 10.2. The number of aromatic amines is 1. The van der Waals surface area contributed by atoms with Crippen molar-refractivity contribution in [2.45, 2.75) is 6.92 Å². The number of rotatable bonds is 5. The van der Waals surface area contributed by atoms with Gasteiger partial charge in [-0.05, 0) is 36.8 Å². The average Bonchev–Trinajstić information content (AvgIpc) is 3.29. The molecule has 1 N–H and O–H groups in total. The Morgan fingerprint density at radius 3 is 2.52 bits per heavy atom. The highest BCUT2D eigenvalue weighted by atomic mass is 32.1. The molecule has 29 heavy (non-hydrogen) atoms. The highest BCUT2D eigenvalue weighted by Crippen LogP contribution is 2.34. The molecule has 0 radical (unpaired) electrons. The normalized spacial score (nSPS) is 11.3. The van der Waals surface area contributed by atoms with E-state index in [1.165, 1.54) is 0 Å². The second-order valence-electron chi connectivity index (χ2n) is 6.69. The van der Waals surface area contributed by atoms with Crippen LogP contribution in [0.5, 0.6) is 0 Å². The predicted octanol–water partition coefficient (Wildman–Crippen LogP) is 4.99. The second kappa shape index (κ2) is 8.10. The fraction of sp³-hybridized carbons (Fsp3) is 0.143. The van der Waals surface area contributed by atoms with Gasteiger partial charge in [-0.2, -0.15) is 14.9 Å². The first-order chi connectivity index (χ1) is 14.0. The van der Waals surface area contributed by atoms with Crippen LogP contribution in [0.1, 0.15) is 11.3 Å². The van der Waals surface area contributed by atoms with E-state index in [0.717, 1.165) is 32.4 Å². The lowest BCUT2D eigenvalue weighted by Gasteiger charge is -2.11. The van der Waals surface area contributed by atoms with E-state index in [4.69, 9.17) is 17.2 Å². The van der Waals surface area contributed by atoms with Crippen LogP contribution in [0.3, 0.4) is 0 Å². The summed E-state index contributed by atoms with van der Waals surface area (Å²) < 4.78 is 2.08. The standard InChI is InChI=1S/C21H20N6S2/c1-14-18(29-20(23-14)16-7-5-4-6-8-16)19-24-25-21(28)27(19)22-13-15-9-11-17(12-10-15)26(2)3/h4-13H,1-3H3,(H,25,28)/b22-13+. The third-order valence-corrected chi connectivity index (χ3v) is 5.87. The van der Waals surface area contributed by atoms with Crippen LogP contribution in [-0.2, 0) is 0 Å². The summed E-state index contributed by atoms with van der Waals surface area (Å²) in [6.07, 6.45) is 1.78. The van der Waals surface area contributed by atoms with Gasteiger partial charge in [-0.25, -0.2) is 10.1 Å². The van der Waals surface area contributed by atoms with Gasteiger partial charge in [0.15, 0.2) is 5.82 Å². The Kier molecular flexibility index (Phi) is 5.37. The molecule has 8 heteroatoms. The van der Waals surface area contributed by atoms with Crippen molar-refractivity contribution in [3.63, 3.8) is 0 Å². The van der Waals surface area contributed by atoms with Crippen molar-refractivity contribution in [2.75, 3.05) is 19.0 Å². The van der Waals surface area contributed by atoms with Crippen LogP contribution in [0.15, 0.2) is 59.7 Å². The van der Waals surface area contributed by atoms with Crippen LogP contribution < -0.4 is 4.90 Å². The summed E-state index contributed by atoms with van der Waals surface area (Å²) >= 11 is 6.98. The van der Waals surface area contributed by atoms with Gasteiger partial charge in [0.2, 0.25) is 4.77 Å². The zero-order chi connectivity index (χ0) is 20.4. The maximum atomic E-state index is 5.40. The number of hydrogen-bond donors (Lipinski definition) is 1. The van der Waals surface area contributed by atoms with Crippen LogP contribution in [0.4, 0.5) is 5.69 Å². The molecule has 0 aliphatic carbocycles. The number of anilines is 1. The summed E-state index contributed by atoms with van der Waals surface area (Å²) in [4.78, 5) is 7.71. The molecule has 0 unspecified atom stereocenters. The molecule has 0 aliphatic heterocycles. The van der Waals surface area contributed by atoms with Gasteiger partial charge < -0.3 is 4.90 Å². The van der Waals surface area contributed by atoms with Gasteiger partial charge in [0, 0.05) is 25.3 Å². The van der Waals surface area contributed by atoms with Gasteiger partial charge in [0.25, 0.3) is 0 Å². The lowest BCUT2D eigenvalue weighted by molar-refractivity contribution is 0.872. The topological polar surface area (TPSA) is 62.1 Å². The maximum Gasteiger partial charge on any atom is 0.216 e. The molecule has 0 saturated carbocycles. The quantitative estimate of drug-likeness (QED) is 0.365. The number of H-pyrrole nitrogens is 1. The van der Waals surface area contributed by atoms with Crippen molar-refractivity contribution in [1.82, 2.24) is 19.9 Å². The number of nitrogens with zero attached hydrogens (tertiary/aromatic N) is 5. The largest absolute Gasteiger partial charge is 0.378 e. The van der Waals surface area contributed by atoms with E-state index in [-0.39, 0.29) is 0 Å². The first kappa shape index (κ1) is 19.2. The van der Waals surface area contributed by atoms with Crippen LogP contribution in [0.2, 0.25) is 0 Å². The van der Waals surface area contributed by atoms with E-state index in [9.17, 15) is 0 Å². The zero-order valence-corrected chi connectivity index (χ0v) is 18.0. The van der Waals surface area contributed by atoms with Gasteiger partial charge in [0.05, 0.1) is 16.8 Å². The molecule has 2 aromatic carbocycles. The van der Waals surface area contributed by atoms with Crippen molar-refractivity contribution in [2.24, 2.45) is 5.10 Å². The van der Waals surface area contributed by atoms with Crippen molar-refractivity contribution >= 4 is 35.5 Å². The van der Waals surface area contributed by atoms with E-state index in [0.29, 0.717) is 10.6 Å². The molecule has 2 heterocycles. The number of aryl methyl sites for hydroxylation is 1. The molecule has 0 spiro atoms. The minimum absolute atomic E-state index is 0.440. The minimum Gasteiger partial charge on any atom is -0.378 e. The Bertz CT molecular complexity index is 1200. The van der Waals surface area contributed by atoms with E-state index >= 15 is 0 Å². The molecule has 0 bridgehead atoms. The van der Waals surface area contributed by atoms with Crippen molar-refractivity contribution in [1.29, 1.82) is 0 Å². The summed E-state index contributed by atoms with van der Waals surface area (Å²) in [7, 11) is 4.03. The highest BCUT2D eigenvalue weighted by Gasteiger charge is 2.17. The molecule has 0 amide bonds. The number of hydrogen-bond acceptors (Lipinski definition) is 6. The third-order valence-electron chi connectivity index (χ3n) is 4.40. The monoisotopic (exact) mass is 420 g/mol. The summed E-state index contributed by atoms with van der Waals surface area (Å²) in [6.45, 7) is 1.98. The van der Waals surface area contributed by atoms with Crippen LogP contribution >= 0.6 is 23.6 Å².